The van der Waals surface area contributed by atoms with Crippen molar-refractivity contribution in [3.05, 3.63) is 48.0 Å². The molecule has 0 amide bonds. The molecule has 4 rings (SSSR count). The summed E-state index contributed by atoms with van der Waals surface area (Å²) in [5.74, 6) is 2.25. The quantitative estimate of drug-likeness (QED) is 0.773. The van der Waals surface area contributed by atoms with Crippen LogP contribution in [0.2, 0.25) is 0 Å². The summed E-state index contributed by atoms with van der Waals surface area (Å²) in [7, 11) is 0. The van der Waals surface area contributed by atoms with E-state index in [2.05, 4.69) is 10.1 Å². The number of aromatic nitrogens is 2. The minimum atomic E-state index is 0.426. The molecule has 4 heteroatoms. The van der Waals surface area contributed by atoms with E-state index in [1.807, 2.05) is 36.5 Å². The highest BCUT2D eigenvalue weighted by Crippen LogP contribution is 2.39. The molecule has 1 aromatic carbocycles. The molecule has 1 saturated carbocycles. The van der Waals surface area contributed by atoms with Crippen LogP contribution in [0.1, 0.15) is 30.2 Å². The van der Waals surface area contributed by atoms with Gasteiger partial charge >= 0.3 is 0 Å². The maximum absolute atomic E-state index is 5.74. The van der Waals surface area contributed by atoms with E-state index in [-0.39, 0.29) is 0 Å². The molecule has 4 nitrogen and oxygen atoms in total. The van der Waals surface area contributed by atoms with Crippen LogP contribution in [0, 0.1) is 0 Å². The number of aromatic amines is 1. The third-order valence-electron chi connectivity index (χ3n) is 3.48. The summed E-state index contributed by atoms with van der Waals surface area (Å²) in [6.45, 7) is 0.426. The first-order chi connectivity index (χ1) is 9.38. The molecule has 0 unspecified atom stereocenters. The molecule has 2 aromatic heterocycles. The zero-order valence-electron chi connectivity index (χ0n) is 10.4. The summed E-state index contributed by atoms with van der Waals surface area (Å²) in [5.41, 5.74) is 2.18. The number of hydrogen-bond acceptors (Lipinski definition) is 3. The van der Waals surface area contributed by atoms with Gasteiger partial charge < -0.3 is 14.2 Å². The molecule has 1 N–H and O–H groups in total. The van der Waals surface area contributed by atoms with Gasteiger partial charge in [-0.3, -0.25) is 0 Å². The Labute approximate surface area is 110 Å². The smallest absolute Gasteiger partial charge is 0.174 e. The van der Waals surface area contributed by atoms with Crippen LogP contribution in [0.3, 0.4) is 0 Å². The molecule has 1 aliphatic rings. The zero-order chi connectivity index (χ0) is 12.7. The van der Waals surface area contributed by atoms with Crippen LogP contribution in [0.4, 0.5) is 0 Å². The number of benzene rings is 1. The molecule has 0 radical (unpaired) electrons. The van der Waals surface area contributed by atoms with E-state index in [0.717, 1.165) is 28.1 Å². The Morgan fingerprint density at radius 1 is 1.26 bits per heavy atom. The maximum atomic E-state index is 5.74. The average Bonchev–Trinajstić information content (AvgIpc) is 3.01. The molecule has 96 valence electrons. The van der Waals surface area contributed by atoms with E-state index < -0.39 is 0 Å². The first kappa shape index (κ1) is 10.7. The Hall–Kier alpha value is -2.23. The summed E-state index contributed by atoms with van der Waals surface area (Å²) in [4.78, 5) is 3.16. The van der Waals surface area contributed by atoms with E-state index in [1.54, 1.807) is 0 Å². The Bertz CT molecular complexity index is 710. The van der Waals surface area contributed by atoms with Gasteiger partial charge in [-0.15, -0.1) is 0 Å². The van der Waals surface area contributed by atoms with Crippen LogP contribution in [0.5, 0.6) is 5.75 Å². The lowest BCUT2D eigenvalue weighted by molar-refractivity contribution is 0.249. The number of H-pyrrole nitrogens is 1. The summed E-state index contributed by atoms with van der Waals surface area (Å²) in [5, 5.41) is 5.22. The van der Waals surface area contributed by atoms with Crippen LogP contribution in [0.15, 0.2) is 41.1 Å². The lowest BCUT2D eigenvalue weighted by Crippen LogP contribution is -1.93. The van der Waals surface area contributed by atoms with Crippen molar-refractivity contribution < 1.29 is 9.26 Å². The van der Waals surface area contributed by atoms with Crippen molar-refractivity contribution in [1.29, 1.82) is 0 Å². The monoisotopic (exact) mass is 254 g/mol. The van der Waals surface area contributed by atoms with Crippen LogP contribution < -0.4 is 4.74 Å². The number of hydrogen-bond donors (Lipinski definition) is 1. The largest absolute Gasteiger partial charge is 0.486 e. The van der Waals surface area contributed by atoms with E-state index in [4.69, 9.17) is 9.26 Å². The average molecular weight is 254 g/mol. The van der Waals surface area contributed by atoms with Crippen molar-refractivity contribution in [1.82, 2.24) is 10.1 Å². The van der Waals surface area contributed by atoms with Crippen LogP contribution in [-0.4, -0.2) is 10.1 Å². The standard InChI is InChI=1S/C15H14N2O2/c1-2-10(1)15-8-13(19-17-15)9-18-12-3-4-14-11(7-12)5-6-16-14/h3-8,10,16H,1-2,9H2. The molecule has 19 heavy (non-hydrogen) atoms. The Kier molecular flexibility index (Phi) is 2.33. The number of rotatable bonds is 4. The molecule has 2 heterocycles. The van der Waals surface area contributed by atoms with Gasteiger partial charge in [0, 0.05) is 29.1 Å². The van der Waals surface area contributed by atoms with Gasteiger partial charge in [-0.1, -0.05) is 5.16 Å². The van der Waals surface area contributed by atoms with Crippen molar-refractivity contribution in [3.63, 3.8) is 0 Å². The first-order valence-electron chi connectivity index (χ1n) is 6.54. The van der Waals surface area contributed by atoms with Crippen molar-refractivity contribution in [2.45, 2.75) is 25.4 Å². The topological polar surface area (TPSA) is 51.1 Å². The molecular weight excluding hydrogens is 240 g/mol. The van der Waals surface area contributed by atoms with Crippen molar-refractivity contribution in [2.24, 2.45) is 0 Å². The SMILES string of the molecule is c1cc2cc(OCc3cc(C4CC4)no3)ccc2[nH]1. The van der Waals surface area contributed by atoms with Gasteiger partial charge in [0.2, 0.25) is 0 Å². The lowest BCUT2D eigenvalue weighted by Gasteiger charge is -2.03. The van der Waals surface area contributed by atoms with Crippen LogP contribution >= 0.6 is 0 Å². The van der Waals surface area contributed by atoms with Gasteiger partial charge in [0.05, 0.1) is 5.69 Å². The lowest BCUT2D eigenvalue weighted by atomic mass is 10.2. The van der Waals surface area contributed by atoms with Gasteiger partial charge in [0.15, 0.2) is 5.76 Å². The highest BCUT2D eigenvalue weighted by atomic mass is 16.5. The molecule has 0 spiro atoms. The number of fused-ring (bicyclic) bond motifs is 1. The van der Waals surface area contributed by atoms with E-state index in [0.29, 0.717) is 12.5 Å². The Morgan fingerprint density at radius 3 is 3.11 bits per heavy atom. The summed E-state index contributed by atoms with van der Waals surface area (Å²) >= 11 is 0. The van der Waals surface area contributed by atoms with E-state index in [9.17, 15) is 0 Å². The predicted octanol–water partition coefficient (Wildman–Crippen LogP) is 3.61. The molecule has 0 bridgehead atoms. The second-order valence-corrected chi connectivity index (χ2v) is 5.01. The molecule has 3 aromatic rings. The predicted molar refractivity (Wildman–Crippen MR) is 71.1 cm³/mol. The molecule has 1 aliphatic carbocycles. The van der Waals surface area contributed by atoms with Crippen molar-refractivity contribution >= 4 is 10.9 Å². The summed E-state index contributed by atoms with van der Waals surface area (Å²) in [6.07, 6.45) is 4.39. The number of ether oxygens (including phenoxy) is 1. The van der Waals surface area contributed by atoms with Crippen molar-refractivity contribution in [2.75, 3.05) is 0 Å². The van der Waals surface area contributed by atoms with Crippen LogP contribution in [0.25, 0.3) is 10.9 Å². The maximum Gasteiger partial charge on any atom is 0.174 e. The summed E-state index contributed by atoms with van der Waals surface area (Å²) < 4.78 is 11.0. The second-order valence-electron chi connectivity index (χ2n) is 5.01. The minimum absolute atomic E-state index is 0.426. The van der Waals surface area contributed by atoms with E-state index >= 15 is 0 Å². The van der Waals surface area contributed by atoms with Gasteiger partial charge in [-0.25, -0.2) is 0 Å². The molecule has 1 fully saturated rings. The van der Waals surface area contributed by atoms with Gasteiger partial charge in [-0.05, 0) is 37.1 Å². The Morgan fingerprint density at radius 2 is 2.21 bits per heavy atom. The van der Waals surface area contributed by atoms with Gasteiger partial charge in [-0.2, -0.15) is 0 Å². The summed E-state index contributed by atoms with van der Waals surface area (Å²) in [6, 6.07) is 10.0. The molecule has 0 atom stereocenters. The van der Waals surface area contributed by atoms with Gasteiger partial charge in [0.25, 0.3) is 0 Å². The minimum Gasteiger partial charge on any atom is -0.486 e. The van der Waals surface area contributed by atoms with Gasteiger partial charge in [0.1, 0.15) is 12.4 Å². The second kappa shape index (κ2) is 4.16. The first-order valence-corrected chi connectivity index (χ1v) is 6.54. The fourth-order valence-corrected chi connectivity index (χ4v) is 2.24. The fraction of sp³-hybridized carbons (Fsp3) is 0.267. The Balaban J connectivity index is 1.47. The molecule has 0 saturated heterocycles. The highest BCUT2D eigenvalue weighted by molar-refractivity contribution is 5.80. The highest BCUT2D eigenvalue weighted by Gasteiger charge is 2.27. The van der Waals surface area contributed by atoms with Crippen molar-refractivity contribution in [3.8, 4) is 5.75 Å². The zero-order valence-corrected chi connectivity index (χ0v) is 10.4. The third-order valence-corrected chi connectivity index (χ3v) is 3.48. The number of nitrogens with zero attached hydrogens (tertiary/aromatic N) is 1. The molecular formula is C15H14N2O2. The number of nitrogens with one attached hydrogen (secondary N) is 1. The van der Waals surface area contributed by atoms with E-state index in [1.165, 1.54) is 12.8 Å². The third kappa shape index (κ3) is 2.10. The molecule has 0 aliphatic heterocycles. The normalized spacial score (nSPS) is 14.9. The fourth-order valence-electron chi connectivity index (χ4n) is 2.24. The van der Waals surface area contributed by atoms with Crippen LogP contribution in [-0.2, 0) is 6.61 Å².